The van der Waals surface area contributed by atoms with Crippen LogP contribution in [0.5, 0.6) is 11.5 Å². The molecule has 2 aromatic rings. The average Bonchev–Trinajstić information content (AvgIpc) is 2.51. The van der Waals surface area contributed by atoms with Gasteiger partial charge in [-0.15, -0.1) is 0 Å². The molecule has 0 saturated carbocycles. The number of aryl methyl sites for hydroxylation is 2. The molecular weight excluding hydrogens is 332 g/mol. The van der Waals surface area contributed by atoms with Crippen molar-refractivity contribution < 1.29 is 9.47 Å². The lowest BCUT2D eigenvalue weighted by atomic mass is 9.79. The van der Waals surface area contributed by atoms with Gasteiger partial charge < -0.3 is 9.47 Å². The van der Waals surface area contributed by atoms with Crippen LogP contribution in [0.25, 0.3) is 0 Å². The van der Waals surface area contributed by atoms with E-state index in [4.69, 9.17) is 9.47 Å². The SMILES string of the molecule is COc1ccc(C(C)(C)C)c(OCCc2cc(C)cc(C)c2C(C)(C)C)c1. The van der Waals surface area contributed by atoms with E-state index in [1.807, 2.05) is 12.1 Å². The van der Waals surface area contributed by atoms with Gasteiger partial charge in [-0.05, 0) is 53.0 Å². The van der Waals surface area contributed by atoms with E-state index in [-0.39, 0.29) is 10.8 Å². The Bertz CT molecular complexity index is 789. The van der Waals surface area contributed by atoms with Crippen LogP contribution in [0.4, 0.5) is 0 Å². The fourth-order valence-corrected chi connectivity index (χ4v) is 3.97. The van der Waals surface area contributed by atoms with Gasteiger partial charge in [0, 0.05) is 12.5 Å². The predicted molar refractivity (Wildman–Crippen MR) is 116 cm³/mol. The molecule has 0 amide bonds. The van der Waals surface area contributed by atoms with Gasteiger partial charge in [-0.2, -0.15) is 0 Å². The standard InChI is InChI=1S/C25H36O2/c1-17-14-18(2)23(25(6,7)8)19(15-17)12-13-27-22-16-20(26-9)10-11-21(22)24(3,4)5/h10-11,14-16H,12-13H2,1-9H3. The van der Waals surface area contributed by atoms with Gasteiger partial charge in [-0.3, -0.25) is 0 Å². The Morgan fingerprint density at radius 1 is 0.852 bits per heavy atom. The number of methoxy groups -OCH3 is 1. The third-order valence-electron chi connectivity index (χ3n) is 4.94. The first kappa shape index (κ1) is 21.3. The summed E-state index contributed by atoms with van der Waals surface area (Å²) in [4.78, 5) is 0. The van der Waals surface area contributed by atoms with Crippen LogP contribution in [-0.4, -0.2) is 13.7 Å². The van der Waals surface area contributed by atoms with E-state index >= 15 is 0 Å². The van der Waals surface area contributed by atoms with Crippen LogP contribution in [0.3, 0.4) is 0 Å². The van der Waals surface area contributed by atoms with Crippen molar-refractivity contribution >= 4 is 0 Å². The molecule has 2 nitrogen and oxygen atoms in total. The second kappa shape index (κ2) is 7.96. The lowest BCUT2D eigenvalue weighted by Gasteiger charge is -2.27. The van der Waals surface area contributed by atoms with Crippen LogP contribution >= 0.6 is 0 Å². The quantitative estimate of drug-likeness (QED) is 0.597. The summed E-state index contributed by atoms with van der Waals surface area (Å²) < 4.78 is 11.7. The van der Waals surface area contributed by atoms with Gasteiger partial charge in [-0.1, -0.05) is 65.3 Å². The number of hydrogen-bond donors (Lipinski definition) is 0. The molecule has 27 heavy (non-hydrogen) atoms. The van der Waals surface area contributed by atoms with Crippen molar-refractivity contribution in [2.45, 2.75) is 72.6 Å². The van der Waals surface area contributed by atoms with Gasteiger partial charge in [0.15, 0.2) is 0 Å². The molecule has 0 saturated heterocycles. The van der Waals surface area contributed by atoms with Crippen molar-refractivity contribution in [3.8, 4) is 11.5 Å². The fraction of sp³-hybridized carbons (Fsp3) is 0.520. The largest absolute Gasteiger partial charge is 0.497 e. The maximum absolute atomic E-state index is 6.28. The normalized spacial score (nSPS) is 12.2. The van der Waals surface area contributed by atoms with Gasteiger partial charge in [0.25, 0.3) is 0 Å². The Morgan fingerprint density at radius 2 is 1.52 bits per heavy atom. The molecule has 2 rings (SSSR count). The second-order valence-electron chi connectivity index (χ2n) is 9.58. The number of rotatable bonds is 5. The zero-order valence-electron chi connectivity index (χ0n) is 18.6. The molecule has 0 aliphatic carbocycles. The van der Waals surface area contributed by atoms with E-state index in [0.717, 1.165) is 17.9 Å². The molecule has 0 atom stereocenters. The van der Waals surface area contributed by atoms with Crippen LogP contribution in [0, 0.1) is 13.8 Å². The molecule has 0 bridgehead atoms. The minimum atomic E-state index is 0.0259. The number of ether oxygens (including phenoxy) is 2. The minimum absolute atomic E-state index is 0.0259. The van der Waals surface area contributed by atoms with Crippen LogP contribution < -0.4 is 9.47 Å². The average molecular weight is 369 g/mol. The first-order chi connectivity index (χ1) is 12.4. The highest BCUT2D eigenvalue weighted by atomic mass is 16.5. The summed E-state index contributed by atoms with van der Waals surface area (Å²) in [5, 5.41) is 0. The summed E-state index contributed by atoms with van der Waals surface area (Å²) in [7, 11) is 1.70. The molecular formula is C25H36O2. The topological polar surface area (TPSA) is 18.5 Å². The van der Waals surface area contributed by atoms with E-state index in [0.29, 0.717) is 6.61 Å². The maximum atomic E-state index is 6.28. The third kappa shape index (κ3) is 5.28. The molecule has 148 valence electrons. The molecule has 0 spiro atoms. The maximum Gasteiger partial charge on any atom is 0.126 e. The van der Waals surface area contributed by atoms with Crippen molar-refractivity contribution in [2.24, 2.45) is 0 Å². The van der Waals surface area contributed by atoms with E-state index in [2.05, 4.69) is 73.6 Å². The van der Waals surface area contributed by atoms with Crippen molar-refractivity contribution in [2.75, 3.05) is 13.7 Å². The van der Waals surface area contributed by atoms with Crippen LogP contribution in [0.2, 0.25) is 0 Å². The Hall–Kier alpha value is -1.96. The highest BCUT2D eigenvalue weighted by Gasteiger charge is 2.22. The van der Waals surface area contributed by atoms with Crippen LogP contribution in [0.1, 0.15) is 69.4 Å². The number of benzene rings is 2. The van der Waals surface area contributed by atoms with Gasteiger partial charge in [0.2, 0.25) is 0 Å². The highest BCUT2D eigenvalue weighted by Crippen LogP contribution is 2.35. The van der Waals surface area contributed by atoms with Gasteiger partial charge in [0.05, 0.1) is 13.7 Å². The molecule has 0 aliphatic heterocycles. The second-order valence-corrected chi connectivity index (χ2v) is 9.58. The summed E-state index contributed by atoms with van der Waals surface area (Å²) in [6, 6.07) is 10.7. The fourth-order valence-electron chi connectivity index (χ4n) is 3.97. The van der Waals surface area contributed by atoms with E-state index in [1.165, 1.54) is 27.8 Å². The van der Waals surface area contributed by atoms with Crippen molar-refractivity contribution in [3.05, 3.63) is 58.1 Å². The van der Waals surface area contributed by atoms with Gasteiger partial charge in [0.1, 0.15) is 11.5 Å². The van der Waals surface area contributed by atoms with Crippen LogP contribution in [-0.2, 0) is 17.3 Å². The zero-order chi connectivity index (χ0) is 20.4. The molecule has 0 heterocycles. The van der Waals surface area contributed by atoms with E-state index in [9.17, 15) is 0 Å². The van der Waals surface area contributed by atoms with Gasteiger partial charge in [-0.25, -0.2) is 0 Å². The number of hydrogen-bond acceptors (Lipinski definition) is 2. The summed E-state index contributed by atoms with van der Waals surface area (Å²) in [5.41, 5.74) is 6.87. The molecule has 0 radical (unpaired) electrons. The van der Waals surface area contributed by atoms with E-state index in [1.54, 1.807) is 7.11 Å². The molecule has 0 N–H and O–H groups in total. The summed E-state index contributed by atoms with van der Waals surface area (Å²) in [6.45, 7) is 18.5. The van der Waals surface area contributed by atoms with Crippen molar-refractivity contribution in [1.29, 1.82) is 0 Å². The molecule has 0 fully saturated rings. The van der Waals surface area contributed by atoms with Crippen molar-refractivity contribution in [1.82, 2.24) is 0 Å². The summed E-state index contributed by atoms with van der Waals surface area (Å²) in [5.74, 6) is 1.75. The molecule has 0 unspecified atom stereocenters. The Kier molecular flexibility index (Phi) is 6.29. The Labute approximate surface area is 165 Å². The Morgan fingerprint density at radius 3 is 2.07 bits per heavy atom. The molecule has 2 heteroatoms. The summed E-state index contributed by atoms with van der Waals surface area (Å²) >= 11 is 0. The third-order valence-corrected chi connectivity index (χ3v) is 4.94. The van der Waals surface area contributed by atoms with Crippen LogP contribution in [0.15, 0.2) is 30.3 Å². The van der Waals surface area contributed by atoms with Gasteiger partial charge >= 0.3 is 0 Å². The zero-order valence-corrected chi connectivity index (χ0v) is 18.6. The predicted octanol–water partition coefficient (Wildman–Crippen LogP) is 6.53. The highest BCUT2D eigenvalue weighted by molar-refractivity contribution is 5.45. The lowest BCUT2D eigenvalue weighted by Crippen LogP contribution is -2.18. The molecule has 0 aliphatic rings. The summed E-state index contributed by atoms with van der Waals surface area (Å²) in [6.07, 6.45) is 0.899. The Balaban J connectivity index is 2.27. The van der Waals surface area contributed by atoms with Crippen molar-refractivity contribution in [3.63, 3.8) is 0 Å². The molecule has 0 aromatic heterocycles. The van der Waals surface area contributed by atoms with E-state index < -0.39 is 0 Å². The first-order valence-electron chi connectivity index (χ1n) is 9.85. The molecule has 2 aromatic carbocycles. The first-order valence-corrected chi connectivity index (χ1v) is 9.85. The minimum Gasteiger partial charge on any atom is -0.497 e. The lowest BCUT2D eigenvalue weighted by molar-refractivity contribution is 0.309. The monoisotopic (exact) mass is 368 g/mol. The smallest absolute Gasteiger partial charge is 0.126 e.